The summed E-state index contributed by atoms with van der Waals surface area (Å²) in [7, 11) is 1.21. The number of hydrogen-bond donors (Lipinski definition) is 2. The lowest BCUT2D eigenvalue weighted by atomic mass is 10.1. The maximum Gasteiger partial charge on any atom is 0.165 e. The summed E-state index contributed by atoms with van der Waals surface area (Å²) in [5.74, 6) is -1.65. The molecule has 0 aliphatic rings. The molecule has 3 nitrogen and oxygen atoms in total. The molecule has 0 spiro atoms. The van der Waals surface area contributed by atoms with E-state index in [1.165, 1.54) is 7.11 Å². The molecule has 0 fully saturated rings. The van der Waals surface area contributed by atoms with Crippen LogP contribution in [-0.4, -0.2) is 18.8 Å². The van der Waals surface area contributed by atoms with Gasteiger partial charge < -0.3 is 15.6 Å². The van der Waals surface area contributed by atoms with Crippen molar-refractivity contribution < 1.29 is 18.6 Å². The van der Waals surface area contributed by atoms with Gasteiger partial charge in [-0.1, -0.05) is 0 Å². The molecule has 3 N–H and O–H groups in total. The molecule has 0 aromatic heterocycles. The van der Waals surface area contributed by atoms with Crippen molar-refractivity contribution in [2.24, 2.45) is 5.73 Å². The molecule has 0 aliphatic carbocycles. The second kappa shape index (κ2) is 4.34. The molecule has 1 aromatic rings. The molecule has 5 heteroatoms. The zero-order valence-electron chi connectivity index (χ0n) is 7.63. The molecule has 0 saturated heterocycles. The van der Waals surface area contributed by atoms with E-state index in [-0.39, 0.29) is 11.3 Å². The van der Waals surface area contributed by atoms with Gasteiger partial charge in [-0.05, 0) is 12.1 Å². The number of rotatable bonds is 3. The first-order chi connectivity index (χ1) is 6.61. The van der Waals surface area contributed by atoms with Gasteiger partial charge in [-0.3, -0.25) is 0 Å². The fourth-order valence-electron chi connectivity index (χ4n) is 1.19. The lowest BCUT2D eigenvalue weighted by molar-refractivity contribution is 0.260. The van der Waals surface area contributed by atoms with Crippen molar-refractivity contribution in [1.29, 1.82) is 0 Å². The maximum atomic E-state index is 13.2. The molecule has 1 rings (SSSR count). The Morgan fingerprint density at radius 2 is 2.00 bits per heavy atom. The third kappa shape index (κ3) is 1.83. The number of ether oxygens (including phenoxy) is 1. The molecule has 0 heterocycles. The fraction of sp³-hybridized carbons (Fsp3) is 0.333. The van der Waals surface area contributed by atoms with Crippen LogP contribution in [-0.2, 0) is 0 Å². The molecular weight excluding hydrogens is 192 g/mol. The largest absolute Gasteiger partial charge is 0.493 e. The number of aliphatic hydroxyl groups is 1. The molecule has 0 saturated carbocycles. The van der Waals surface area contributed by atoms with Crippen LogP contribution in [0.1, 0.15) is 11.6 Å². The normalized spacial score (nSPS) is 12.6. The van der Waals surface area contributed by atoms with Gasteiger partial charge >= 0.3 is 0 Å². The smallest absolute Gasteiger partial charge is 0.165 e. The highest BCUT2D eigenvalue weighted by Gasteiger charge is 2.19. The van der Waals surface area contributed by atoms with Crippen LogP contribution in [0.15, 0.2) is 12.1 Å². The Balaban J connectivity index is 3.29. The van der Waals surface area contributed by atoms with Crippen LogP contribution >= 0.6 is 0 Å². The second-order valence-electron chi connectivity index (χ2n) is 2.77. The fourth-order valence-corrected chi connectivity index (χ4v) is 1.19. The van der Waals surface area contributed by atoms with E-state index in [0.717, 1.165) is 12.1 Å². The molecular formula is C9H11F2NO2. The monoisotopic (exact) mass is 203 g/mol. The summed E-state index contributed by atoms with van der Waals surface area (Å²) in [6.45, 7) is -0.475. The van der Waals surface area contributed by atoms with Gasteiger partial charge in [0.05, 0.1) is 25.3 Å². The summed E-state index contributed by atoms with van der Waals surface area (Å²) in [6.07, 6.45) is 0. The molecule has 0 aliphatic heterocycles. The number of benzene rings is 1. The average molecular weight is 203 g/mol. The SMILES string of the molecule is COc1c(F)ccc(F)c1C(N)CO. The summed E-state index contributed by atoms with van der Waals surface area (Å²) in [4.78, 5) is 0. The molecule has 14 heavy (non-hydrogen) atoms. The predicted molar refractivity (Wildman–Crippen MR) is 46.9 cm³/mol. The number of hydrogen-bond acceptors (Lipinski definition) is 3. The van der Waals surface area contributed by atoms with E-state index in [9.17, 15) is 8.78 Å². The Kier molecular flexibility index (Phi) is 3.38. The van der Waals surface area contributed by atoms with E-state index in [1.807, 2.05) is 0 Å². The van der Waals surface area contributed by atoms with Crippen LogP contribution in [0.2, 0.25) is 0 Å². The first kappa shape index (κ1) is 10.9. The van der Waals surface area contributed by atoms with Crippen molar-refractivity contribution in [2.75, 3.05) is 13.7 Å². The predicted octanol–water partition coefficient (Wildman–Crippen LogP) is 0.966. The molecule has 1 atom stereocenters. The van der Waals surface area contributed by atoms with Crippen LogP contribution < -0.4 is 10.5 Å². The third-order valence-electron chi connectivity index (χ3n) is 1.87. The van der Waals surface area contributed by atoms with Gasteiger partial charge in [0.1, 0.15) is 5.82 Å². The summed E-state index contributed by atoms with van der Waals surface area (Å²) in [5.41, 5.74) is 5.26. The van der Waals surface area contributed by atoms with Gasteiger partial charge in [0, 0.05) is 0 Å². The van der Waals surface area contributed by atoms with Crippen LogP contribution in [0.25, 0.3) is 0 Å². The molecule has 0 amide bonds. The van der Waals surface area contributed by atoms with Gasteiger partial charge in [0.2, 0.25) is 0 Å². The topological polar surface area (TPSA) is 55.5 Å². The van der Waals surface area contributed by atoms with E-state index < -0.39 is 24.3 Å². The molecule has 0 radical (unpaired) electrons. The Morgan fingerprint density at radius 3 is 2.50 bits per heavy atom. The summed E-state index contributed by atoms with van der Waals surface area (Å²) < 4.78 is 31.0. The highest BCUT2D eigenvalue weighted by molar-refractivity contribution is 5.38. The number of halogens is 2. The summed E-state index contributed by atoms with van der Waals surface area (Å²) in [5, 5.41) is 8.75. The minimum Gasteiger partial charge on any atom is -0.493 e. The van der Waals surface area contributed by atoms with E-state index in [2.05, 4.69) is 4.74 Å². The number of nitrogens with two attached hydrogens (primary N) is 1. The minimum absolute atomic E-state index is 0.144. The summed E-state index contributed by atoms with van der Waals surface area (Å²) >= 11 is 0. The Morgan fingerprint density at radius 1 is 1.43 bits per heavy atom. The van der Waals surface area contributed by atoms with Crippen molar-refractivity contribution in [3.05, 3.63) is 29.3 Å². The van der Waals surface area contributed by atoms with E-state index in [1.54, 1.807) is 0 Å². The van der Waals surface area contributed by atoms with Crippen molar-refractivity contribution in [1.82, 2.24) is 0 Å². The average Bonchev–Trinajstić information content (AvgIpc) is 2.19. The third-order valence-corrected chi connectivity index (χ3v) is 1.87. The van der Waals surface area contributed by atoms with Gasteiger partial charge in [-0.2, -0.15) is 0 Å². The highest BCUT2D eigenvalue weighted by Crippen LogP contribution is 2.29. The van der Waals surface area contributed by atoms with Crippen LogP contribution in [0.3, 0.4) is 0 Å². The van der Waals surface area contributed by atoms with Crippen molar-refractivity contribution in [2.45, 2.75) is 6.04 Å². The quantitative estimate of drug-likeness (QED) is 0.769. The molecule has 78 valence electrons. The Hall–Kier alpha value is -1.20. The Labute approximate surface area is 80.1 Å². The number of methoxy groups -OCH3 is 1. The van der Waals surface area contributed by atoms with E-state index in [4.69, 9.17) is 10.8 Å². The lowest BCUT2D eigenvalue weighted by Gasteiger charge is -2.14. The van der Waals surface area contributed by atoms with Gasteiger partial charge in [-0.15, -0.1) is 0 Å². The molecule has 0 bridgehead atoms. The molecule has 1 aromatic carbocycles. The van der Waals surface area contributed by atoms with Crippen LogP contribution in [0.4, 0.5) is 8.78 Å². The van der Waals surface area contributed by atoms with Crippen LogP contribution in [0.5, 0.6) is 5.75 Å². The van der Waals surface area contributed by atoms with Gasteiger partial charge in [-0.25, -0.2) is 8.78 Å². The van der Waals surface area contributed by atoms with Gasteiger partial charge in [0.15, 0.2) is 11.6 Å². The van der Waals surface area contributed by atoms with Crippen LogP contribution in [0, 0.1) is 11.6 Å². The van der Waals surface area contributed by atoms with Gasteiger partial charge in [0.25, 0.3) is 0 Å². The first-order valence-electron chi connectivity index (χ1n) is 4.00. The zero-order chi connectivity index (χ0) is 10.7. The molecule has 1 unspecified atom stereocenters. The zero-order valence-corrected chi connectivity index (χ0v) is 7.63. The summed E-state index contributed by atoms with van der Waals surface area (Å²) in [6, 6.07) is 0.908. The van der Waals surface area contributed by atoms with Crippen molar-refractivity contribution in [3.8, 4) is 5.75 Å². The van der Waals surface area contributed by atoms with E-state index in [0.29, 0.717) is 0 Å². The number of aliphatic hydroxyl groups excluding tert-OH is 1. The second-order valence-corrected chi connectivity index (χ2v) is 2.77. The lowest BCUT2D eigenvalue weighted by Crippen LogP contribution is -2.17. The van der Waals surface area contributed by atoms with Crippen molar-refractivity contribution in [3.63, 3.8) is 0 Å². The maximum absolute atomic E-state index is 13.2. The van der Waals surface area contributed by atoms with E-state index >= 15 is 0 Å². The highest BCUT2D eigenvalue weighted by atomic mass is 19.1. The minimum atomic E-state index is -0.986. The standard InChI is InChI=1S/C9H11F2NO2/c1-14-9-6(11)3-2-5(10)8(9)7(12)4-13/h2-3,7,13H,4,12H2,1H3. The first-order valence-corrected chi connectivity index (χ1v) is 4.00. The Bertz CT molecular complexity index is 331. The van der Waals surface area contributed by atoms with Crippen molar-refractivity contribution >= 4 is 0 Å².